The van der Waals surface area contributed by atoms with Crippen LogP contribution in [0.2, 0.25) is 0 Å². The van der Waals surface area contributed by atoms with E-state index in [0.29, 0.717) is 0 Å². The molecule has 0 radical (unpaired) electrons. The summed E-state index contributed by atoms with van der Waals surface area (Å²) in [4.78, 5) is 0. The molecule has 12 heteroatoms. The van der Waals surface area contributed by atoms with Gasteiger partial charge in [0.15, 0.2) is 0 Å². The van der Waals surface area contributed by atoms with Crippen LogP contribution in [0.1, 0.15) is 60.8 Å². The van der Waals surface area contributed by atoms with E-state index in [4.69, 9.17) is 0 Å². The summed E-state index contributed by atoms with van der Waals surface area (Å²) in [6.45, 7) is 0. The Labute approximate surface area is 451 Å². The molecule has 0 atom stereocenters. The summed E-state index contributed by atoms with van der Waals surface area (Å²) in [6.07, 6.45) is 14.3. The van der Waals surface area contributed by atoms with Gasteiger partial charge in [0.2, 0.25) is 0 Å². The van der Waals surface area contributed by atoms with Crippen molar-refractivity contribution >= 4 is 0 Å². The van der Waals surface area contributed by atoms with Gasteiger partial charge in [-0.1, -0.05) is 191 Å². The number of hydrogen-bond acceptors (Lipinski definition) is 8. The normalized spacial score (nSPS) is 21.2. The second-order valence-electron chi connectivity index (χ2n) is 22.0. The highest BCUT2D eigenvalue weighted by Crippen LogP contribution is 2.75. The van der Waals surface area contributed by atoms with Crippen LogP contribution in [0.25, 0.3) is 67.8 Å². The Bertz CT molecular complexity index is 3500. The summed E-state index contributed by atoms with van der Waals surface area (Å²) in [5, 5.41) is 36.8. The third kappa shape index (κ3) is 7.81. The Hall–Kier alpha value is -9.68. The Morgan fingerprint density at radius 3 is 0.615 bits per heavy atom. The molecule has 0 amide bonds. The molecule has 4 aliphatic rings. The van der Waals surface area contributed by atoms with Gasteiger partial charge in [0, 0.05) is 22.3 Å². The Kier molecular flexibility index (Phi) is 10.5. The van der Waals surface area contributed by atoms with E-state index in [1.54, 1.807) is 0 Å². The van der Waals surface area contributed by atoms with E-state index in [2.05, 4.69) is 187 Å². The fourth-order valence-electron chi connectivity index (χ4n) is 14.3. The fraction of sp³-hybridized carbons (Fsp3) is 0.152. The zero-order chi connectivity index (χ0) is 51.7. The van der Waals surface area contributed by atoms with Crippen LogP contribution in [-0.4, -0.2) is 60.0 Å². The number of rotatable bonds is 12. The van der Waals surface area contributed by atoms with Gasteiger partial charge in [-0.25, -0.2) is 18.7 Å². The lowest BCUT2D eigenvalue weighted by Crippen LogP contribution is -2.67. The number of aromatic nitrogens is 12. The first-order valence-electron chi connectivity index (χ1n) is 26.7. The summed E-state index contributed by atoms with van der Waals surface area (Å²) in [6, 6.07) is 78.0. The van der Waals surface area contributed by atoms with E-state index in [9.17, 15) is 0 Å². The molecular weight excluding hydrogens is 961 g/mol. The van der Waals surface area contributed by atoms with Gasteiger partial charge >= 0.3 is 0 Å². The zero-order valence-corrected chi connectivity index (χ0v) is 42.7. The predicted molar refractivity (Wildman–Crippen MR) is 302 cm³/mol. The maximum absolute atomic E-state index is 4.66. The third-order valence-corrected chi connectivity index (χ3v) is 17.3. The summed E-state index contributed by atoms with van der Waals surface area (Å²) in [5.74, 6) is 0. The van der Waals surface area contributed by atoms with Gasteiger partial charge in [0.05, 0.1) is 47.5 Å². The topological polar surface area (TPSA) is 123 Å². The average molecular weight is 1010 g/mol. The second kappa shape index (κ2) is 18.0. The maximum Gasteiger partial charge on any atom is 0.113 e. The van der Waals surface area contributed by atoms with Gasteiger partial charge < -0.3 is 0 Å². The van der Waals surface area contributed by atoms with Crippen LogP contribution in [0.15, 0.2) is 243 Å². The summed E-state index contributed by atoms with van der Waals surface area (Å²) >= 11 is 0. The highest BCUT2D eigenvalue weighted by atomic mass is 15.4. The maximum atomic E-state index is 4.66. The number of para-hydroxylation sites is 4. The Morgan fingerprint density at radius 1 is 0.231 bits per heavy atom. The molecule has 4 aliphatic carbocycles. The summed E-state index contributed by atoms with van der Waals surface area (Å²) < 4.78 is 7.40. The minimum Gasteiger partial charge on any atom is -0.220 e. The van der Waals surface area contributed by atoms with Crippen molar-refractivity contribution in [3.63, 3.8) is 0 Å². The van der Waals surface area contributed by atoms with E-state index >= 15 is 0 Å². The van der Waals surface area contributed by atoms with Gasteiger partial charge in [-0.15, -0.1) is 20.4 Å². The molecule has 0 spiro atoms. The van der Waals surface area contributed by atoms with Crippen LogP contribution in [0.3, 0.4) is 0 Å². The van der Waals surface area contributed by atoms with Crippen molar-refractivity contribution in [1.29, 1.82) is 0 Å². The lowest BCUT2D eigenvalue weighted by molar-refractivity contribution is -0.0691. The van der Waals surface area contributed by atoms with Gasteiger partial charge in [-0.05, 0) is 131 Å². The fourth-order valence-corrected chi connectivity index (χ4v) is 14.3. The van der Waals surface area contributed by atoms with Crippen molar-refractivity contribution < 1.29 is 0 Å². The van der Waals surface area contributed by atoms with E-state index < -0.39 is 0 Å². The average Bonchev–Trinajstić information content (AvgIpc) is 2.00. The van der Waals surface area contributed by atoms with Gasteiger partial charge in [-0.3, -0.25) is 0 Å². The number of hydrogen-bond donors (Lipinski definition) is 0. The third-order valence-electron chi connectivity index (χ3n) is 17.3. The van der Waals surface area contributed by atoms with Crippen molar-refractivity contribution in [2.75, 3.05) is 0 Å². The minimum atomic E-state index is -0.180. The van der Waals surface area contributed by atoms with Crippen LogP contribution >= 0.6 is 0 Å². The second-order valence-corrected chi connectivity index (χ2v) is 22.0. The van der Waals surface area contributed by atoms with E-state index in [1.165, 1.54) is 22.3 Å². The molecule has 376 valence electrons. The quantitative estimate of drug-likeness (QED) is 0.119. The molecule has 12 aromatic rings. The lowest BCUT2D eigenvalue weighted by Gasteiger charge is -2.71. The molecule has 16 rings (SSSR count). The monoisotopic (exact) mass is 1010 g/mol. The number of benzene rings is 8. The van der Waals surface area contributed by atoms with Crippen LogP contribution < -0.4 is 0 Å². The molecule has 8 aromatic carbocycles. The highest BCUT2D eigenvalue weighted by Gasteiger charge is 2.69. The van der Waals surface area contributed by atoms with E-state index in [1.807, 2.05) is 116 Å². The molecule has 4 fully saturated rings. The molecule has 4 bridgehead atoms. The van der Waals surface area contributed by atoms with Gasteiger partial charge in [0.25, 0.3) is 0 Å². The van der Waals surface area contributed by atoms with Gasteiger partial charge in [0.1, 0.15) is 22.8 Å². The van der Waals surface area contributed by atoms with Crippen molar-refractivity contribution in [2.45, 2.75) is 60.2 Å². The first-order valence-corrected chi connectivity index (χ1v) is 26.7. The molecule has 78 heavy (non-hydrogen) atoms. The van der Waals surface area contributed by atoms with Crippen LogP contribution in [-0.2, 0) is 21.7 Å². The molecule has 4 aromatic heterocycles. The molecule has 12 nitrogen and oxygen atoms in total. The molecule has 0 N–H and O–H groups in total. The minimum absolute atomic E-state index is 0.180. The largest absolute Gasteiger partial charge is 0.220 e. The standard InChI is InChI=1S/C66H52N12/c1-5-13-55(14-6-1)75-37-59(67-71-75)47-21-29-51(30-22-47)63-41-64(52-31-23-48(24-32-52)60-38-76(72-68-60)56-15-7-2-8-16-56)44-65(42-63,53-33-25-49(26-34-53)61-39-77(73-69-61)57-17-9-3-10-18-57)46-66(43-63,45-64)54-35-27-50(28-36-54)62-40-78(74-70-62)58-19-11-4-12-20-58/h1-40H,41-46H2. The zero-order valence-electron chi connectivity index (χ0n) is 42.7. The first kappa shape index (κ1) is 45.7. The molecular formula is C66H52N12. The van der Waals surface area contributed by atoms with Crippen molar-refractivity contribution in [2.24, 2.45) is 0 Å². The summed E-state index contributed by atoms with van der Waals surface area (Å²) in [5.41, 5.74) is 16.2. The van der Waals surface area contributed by atoms with E-state index in [0.717, 1.165) is 106 Å². The smallest absolute Gasteiger partial charge is 0.113 e. The molecule has 0 aliphatic heterocycles. The number of nitrogens with zero attached hydrogens (tertiary/aromatic N) is 12. The molecule has 0 unspecified atom stereocenters. The SMILES string of the molecule is c1ccc(-n2cc(-c3ccc(C45CC6(c7ccc(-c8cn(-c9ccccc9)nn8)cc7)CC(c7ccc(-c8cn(-c9ccccc9)nn8)cc7)(C4)CC(c4ccc(-c7cn(-c8ccccc8)nn7)cc4)(C5)C6)cc3)nn2)cc1. The Morgan fingerprint density at radius 2 is 0.423 bits per heavy atom. The Balaban J connectivity index is 0.856. The van der Waals surface area contributed by atoms with Crippen molar-refractivity contribution in [3.05, 3.63) is 265 Å². The van der Waals surface area contributed by atoms with Crippen molar-refractivity contribution in [3.8, 4) is 67.8 Å². The first-order chi connectivity index (χ1) is 38.4. The van der Waals surface area contributed by atoms with Crippen LogP contribution in [0.4, 0.5) is 0 Å². The summed E-state index contributed by atoms with van der Waals surface area (Å²) in [7, 11) is 0. The van der Waals surface area contributed by atoms with Crippen LogP contribution in [0.5, 0.6) is 0 Å². The molecule has 4 saturated carbocycles. The van der Waals surface area contributed by atoms with Gasteiger partial charge in [-0.2, -0.15) is 0 Å². The van der Waals surface area contributed by atoms with Crippen LogP contribution in [0, 0.1) is 0 Å². The van der Waals surface area contributed by atoms with Crippen molar-refractivity contribution in [1.82, 2.24) is 60.0 Å². The van der Waals surface area contributed by atoms with E-state index in [-0.39, 0.29) is 21.7 Å². The highest BCUT2D eigenvalue weighted by molar-refractivity contribution is 5.65. The predicted octanol–water partition coefficient (Wildman–Crippen LogP) is 13.1. The lowest BCUT2D eigenvalue weighted by atomic mass is 9.32. The molecule has 0 saturated heterocycles. The molecule has 4 heterocycles.